The summed E-state index contributed by atoms with van der Waals surface area (Å²) in [6, 6.07) is 6.27. The van der Waals surface area contributed by atoms with E-state index in [0.717, 1.165) is 10.4 Å². The number of hydrogen-bond donors (Lipinski definition) is 2. The van der Waals surface area contributed by atoms with Crippen LogP contribution < -0.4 is 11.1 Å². The van der Waals surface area contributed by atoms with Crippen molar-refractivity contribution < 1.29 is 4.39 Å². The standard InChI is InChI=1S/C17H12ClFN6S/c1-8-6-12(23-7-22-8)25-16-15-11(4-5-21-16)24-17(26-15)13-9(19)2-3-10(20)14(13)18/h2-7H,20H2,1H3,(H,21,22,23,25). The highest BCUT2D eigenvalue weighted by molar-refractivity contribution is 7.22. The number of anilines is 3. The fourth-order valence-corrected chi connectivity index (χ4v) is 3.82. The van der Waals surface area contributed by atoms with Crippen LogP contribution in [0.25, 0.3) is 20.8 Å². The Hall–Kier alpha value is -2.84. The van der Waals surface area contributed by atoms with E-state index in [4.69, 9.17) is 17.3 Å². The van der Waals surface area contributed by atoms with Gasteiger partial charge in [-0.1, -0.05) is 11.6 Å². The first kappa shape index (κ1) is 16.6. The normalized spacial score (nSPS) is 11.0. The molecule has 26 heavy (non-hydrogen) atoms. The fraction of sp³-hybridized carbons (Fsp3) is 0.0588. The molecule has 4 rings (SSSR count). The summed E-state index contributed by atoms with van der Waals surface area (Å²) in [5.74, 6) is 0.711. The van der Waals surface area contributed by atoms with E-state index < -0.39 is 5.82 Å². The number of nitrogen functional groups attached to an aromatic ring is 1. The van der Waals surface area contributed by atoms with E-state index >= 15 is 0 Å². The van der Waals surface area contributed by atoms with Crippen LogP contribution in [0.3, 0.4) is 0 Å². The van der Waals surface area contributed by atoms with Crippen LogP contribution in [0.15, 0.2) is 36.8 Å². The molecule has 6 nitrogen and oxygen atoms in total. The van der Waals surface area contributed by atoms with Crippen molar-refractivity contribution in [2.24, 2.45) is 0 Å². The summed E-state index contributed by atoms with van der Waals surface area (Å²) in [6.07, 6.45) is 3.09. The lowest BCUT2D eigenvalue weighted by molar-refractivity contribution is 0.631. The van der Waals surface area contributed by atoms with Crippen molar-refractivity contribution in [2.75, 3.05) is 11.1 Å². The van der Waals surface area contributed by atoms with Crippen molar-refractivity contribution in [2.45, 2.75) is 6.92 Å². The first-order chi connectivity index (χ1) is 12.5. The summed E-state index contributed by atoms with van der Waals surface area (Å²) < 4.78 is 15.1. The van der Waals surface area contributed by atoms with Gasteiger partial charge in [-0.25, -0.2) is 24.3 Å². The maximum atomic E-state index is 14.3. The lowest BCUT2D eigenvalue weighted by Gasteiger charge is -2.05. The molecule has 0 saturated heterocycles. The SMILES string of the molecule is Cc1cc(Nc2nccc3nc(-c4c(F)ccc(N)c4Cl)sc23)ncn1. The Morgan fingerprint density at radius 1 is 1.19 bits per heavy atom. The van der Waals surface area contributed by atoms with Crippen LogP contribution >= 0.6 is 22.9 Å². The van der Waals surface area contributed by atoms with Crippen molar-refractivity contribution >= 4 is 50.5 Å². The van der Waals surface area contributed by atoms with Crippen LogP contribution in [0, 0.1) is 12.7 Å². The summed E-state index contributed by atoms with van der Waals surface area (Å²) >= 11 is 7.48. The monoisotopic (exact) mass is 386 g/mol. The minimum Gasteiger partial charge on any atom is -0.398 e. The van der Waals surface area contributed by atoms with E-state index in [1.165, 1.54) is 29.8 Å². The van der Waals surface area contributed by atoms with Crippen molar-refractivity contribution in [3.63, 3.8) is 0 Å². The number of aryl methyl sites for hydroxylation is 1. The molecule has 0 radical (unpaired) electrons. The van der Waals surface area contributed by atoms with Gasteiger partial charge in [-0.3, -0.25) is 0 Å². The van der Waals surface area contributed by atoms with Gasteiger partial charge in [-0.2, -0.15) is 0 Å². The molecule has 4 aromatic rings. The molecule has 0 aliphatic rings. The predicted octanol–water partition coefficient (Wildman–Crippen LogP) is 4.58. The fourth-order valence-electron chi connectivity index (χ4n) is 2.46. The van der Waals surface area contributed by atoms with Crippen molar-refractivity contribution in [3.8, 4) is 10.6 Å². The van der Waals surface area contributed by atoms with E-state index in [1.54, 1.807) is 18.3 Å². The first-order valence-corrected chi connectivity index (χ1v) is 8.77. The Balaban J connectivity index is 1.83. The zero-order valence-electron chi connectivity index (χ0n) is 13.5. The smallest absolute Gasteiger partial charge is 0.151 e. The topological polar surface area (TPSA) is 89.6 Å². The second-order valence-electron chi connectivity index (χ2n) is 5.52. The summed E-state index contributed by atoms with van der Waals surface area (Å²) in [5, 5.41) is 3.74. The number of nitrogens with zero attached hydrogens (tertiary/aromatic N) is 4. The van der Waals surface area contributed by atoms with Crippen LogP contribution in [0.1, 0.15) is 5.69 Å². The Labute approximate surface area is 156 Å². The number of nitrogens with two attached hydrogens (primary N) is 1. The molecule has 0 aliphatic heterocycles. The van der Waals surface area contributed by atoms with Gasteiger partial charge >= 0.3 is 0 Å². The number of fused-ring (bicyclic) bond motifs is 1. The van der Waals surface area contributed by atoms with Gasteiger partial charge < -0.3 is 11.1 Å². The molecule has 0 spiro atoms. The third-order valence-electron chi connectivity index (χ3n) is 3.69. The zero-order chi connectivity index (χ0) is 18.3. The van der Waals surface area contributed by atoms with E-state index in [9.17, 15) is 4.39 Å². The van der Waals surface area contributed by atoms with Crippen LogP contribution in [0.5, 0.6) is 0 Å². The van der Waals surface area contributed by atoms with Gasteiger partial charge in [0, 0.05) is 18.0 Å². The predicted molar refractivity (Wildman–Crippen MR) is 102 cm³/mol. The van der Waals surface area contributed by atoms with Crippen LogP contribution in [0.2, 0.25) is 5.02 Å². The second-order valence-corrected chi connectivity index (χ2v) is 6.90. The first-order valence-electron chi connectivity index (χ1n) is 7.58. The number of aromatic nitrogens is 4. The summed E-state index contributed by atoms with van der Waals surface area (Å²) in [4.78, 5) is 17.1. The van der Waals surface area contributed by atoms with Crippen LogP contribution in [-0.4, -0.2) is 19.9 Å². The molecule has 0 aliphatic carbocycles. The highest BCUT2D eigenvalue weighted by Crippen LogP contribution is 2.40. The van der Waals surface area contributed by atoms with Gasteiger partial charge in [0.1, 0.15) is 23.0 Å². The molecular formula is C17H12ClFN6S. The highest BCUT2D eigenvalue weighted by atomic mass is 35.5. The minimum absolute atomic E-state index is 0.151. The number of pyridine rings is 1. The van der Waals surface area contributed by atoms with Crippen molar-refractivity contribution in [1.29, 1.82) is 0 Å². The lowest BCUT2D eigenvalue weighted by Crippen LogP contribution is -1.97. The molecule has 1 aromatic carbocycles. The van der Waals surface area contributed by atoms with Crippen LogP contribution in [-0.2, 0) is 0 Å². The van der Waals surface area contributed by atoms with Gasteiger partial charge in [-0.05, 0) is 25.1 Å². The van der Waals surface area contributed by atoms with Gasteiger partial charge in [0.15, 0.2) is 5.82 Å². The molecule has 130 valence electrons. The number of halogens is 2. The number of hydrogen-bond acceptors (Lipinski definition) is 7. The van der Waals surface area contributed by atoms with E-state index in [0.29, 0.717) is 27.8 Å². The summed E-state index contributed by atoms with van der Waals surface area (Å²) in [6.45, 7) is 1.87. The summed E-state index contributed by atoms with van der Waals surface area (Å²) in [7, 11) is 0. The van der Waals surface area contributed by atoms with Gasteiger partial charge in [0.05, 0.1) is 26.5 Å². The zero-order valence-corrected chi connectivity index (χ0v) is 15.1. The maximum Gasteiger partial charge on any atom is 0.151 e. The van der Waals surface area contributed by atoms with Crippen molar-refractivity contribution in [3.05, 3.63) is 53.3 Å². The number of benzene rings is 1. The number of rotatable bonds is 3. The molecule has 0 bridgehead atoms. The number of nitrogens with one attached hydrogen (secondary N) is 1. The largest absolute Gasteiger partial charge is 0.398 e. The molecule has 0 amide bonds. The molecule has 3 heterocycles. The molecule has 0 atom stereocenters. The average Bonchev–Trinajstić information content (AvgIpc) is 3.03. The Morgan fingerprint density at radius 3 is 2.85 bits per heavy atom. The lowest BCUT2D eigenvalue weighted by atomic mass is 10.2. The van der Waals surface area contributed by atoms with E-state index in [-0.39, 0.29) is 10.6 Å². The molecule has 0 saturated carbocycles. The second kappa shape index (κ2) is 6.47. The number of thiazole rings is 1. The van der Waals surface area contributed by atoms with Gasteiger partial charge in [-0.15, -0.1) is 11.3 Å². The molecule has 0 unspecified atom stereocenters. The molecule has 9 heteroatoms. The minimum atomic E-state index is -0.475. The molecule has 3 aromatic heterocycles. The average molecular weight is 387 g/mol. The third kappa shape index (κ3) is 2.93. The van der Waals surface area contributed by atoms with Crippen LogP contribution in [0.4, 0.5) is 21.7 Å². The molecule has 0 fully saturated rings. The highest BCUT2D eigenvalue weighted by Gasteiger charge is 2.18. The Bertz CT molecular complexity index is 1130. The quantitative estimate of drug-likeness (QED) is 0.501. The van der Waals surface area contributed by atoms with Gasteiger partial charge in [0.25, 0.3) is 0 Å². The van der Waals surface area contributed by atoms with E-state index in [2.05, 4.69) is 25.3 Å². The molecule has 3 N–H and O–H groups in total. The third-order valence-corrected chi connectivity index (χ3v) is 5.19. The summed E-state index contributed by atoms with van der Waals surface area (Å²) in [5.41, 5.74) is 7.80. The van der Waals surface area contributed by atoms with E-state index in [1.807, 2.05) is 6.92 Å². The van der Waals surface area contributed by atoms with Gasteiger partial charge in [0.2, 0.25) is 0 Å². The van der Waals surface area contributed by atoms with Crippen molar-refractivity contribution in [1.82, 2.24) is 19.9 Å². The Kier molecular flexibility index (Phi) is 4.14. The maximum absolute atomic E-state index is 14.3. The molecular weight excluding hydrogens is 375 g/mol. The Morgan fingerprint density at radius 2 is 2.04 bits per heavy atom.